The molecule has 1 fully saturated rings. The Morgan fingerprint density at radius 2 is 1.90 bits per heavy atom. The van der Waals surface area contributed by atoms with Gasteiger partial charge in [0.05, 0.1) is 11.6 Å². The smallest absolute Gasteiger partial charge is 0.252 e. The number of piperidine rings is 1. The van der Waals surface area contributed by atoms with E-state index in [1.165, 1.54) is 15.6 Å². The molecule has 1 amide bonds. The van der Waals surface area contributed by atoms with Gasteiger partial charge in [-0.15, -0.1) is 23.1 Å². The van der Waals surface area contributed by atoms with Crippen LogP contribution in [0.5, 0.6) is 0 Å². The Morgan fingerprint density at radius 1 is 1.10 bits per heavy atom. The molecule has 1 aromatic heterocycles. The van der Waals surface area contributed by atoms with Crippen molar-refractivity contribution in [1.29, 1.82) is 0 Å². The van der Waals surface area contributed by atoms with E-state index in [1.807, 2.05) is 36.1 Å². The molecule has 1 saturated heterocycles. The first-order valence-corrected chi connectivity index (χ1v) is 13.1. The maximum absolute atomic E-state index is 13.5. The van der Waals surface area contributed by atoms with Crippen LogP contribution in [-0.2, 0) is 14.8 Å². The number of thiophene rings is 1. The van der Waals surface area contributed by atoms with Crippen molar-refractivity contribution in [2.45, 2.75) is 47.5 Å². The largest absolute Gasteiger partial charge is 0.311 e. The van der Waals surface area contributed by atoms with Gasteiger partial charge < -0.3 is 4.90 Å². The monoisotopic (exact) mass is 450 g/mol. The average Bonchev–Trinajstić information content (AvgIpc) is 3.08. The standard InChI is InChI=1S/C21H26N2O3S3/c1-15-9-10-20(28-15)29(25,26)22-12-5-6-17(14-22)21(24)23-13-11-16(2)27-19-8-4-3-7-18(19)23/h3-4,7-10,16-17H,5-6,11-14H2,1-2H3. The van der Waals surface area contributed by atoms with E-state index in [2.05, 4.69) is 13.0 Å². The molecule has 2 aliphatic rings. The van der Waals surface area contributed by atoms with Gasteiger partial charge in [-0.3, -0.25) is 4.79 Å². The van der Waals surface area contributed by atoms with Crippen molar-refractivity contribution in [3.8, 4) is 0 Å². The molecule has 0 spiro atoms. The molecule has 8 heteroatoms. The van der Waals surface area contributed by atoms with Gasteiger partial charge in [0, 0.05) is 34.7 Å². The van der Waals surface area contributed by atoms with Crippen LogP contribution in [0, 0.1) is 12.8 Å². The summed E-state index contributed by atoms with van der Waals surface area (Å²) in [6.45, 7) is 5.51. The molecule has 0 saturated carbocycles. The third-order valence-electron chi connectivity index (χ3n) is 5.55. The van der Waals surface area contributed by atoms with Gasteiger partial charge in [-0.05, 0) is 50.5 Å². The molecule has 1 aromatic carbocycles. The van der Waals surface area contributed by atoms with Gasteiger partial charge in [0.1, 0.15) is 4.21 Å². The van der Waals surface area contributed by atoms with Gasteiger partial charge in [0.15, 0.2) is 0 Å². The number of nitrogens with zero attached hydrogens (tertiary/aromatic N) is 2. The summed E-state index contributed by atoms with van der Waals surface area (Å²) in [6.07, 6.45) is 2.37. The molecule has 29 heavy (non-hydrogen) atoms. The van der Waals surface area contributed by atoms with Crippen molar-refractivity contribution in [2.24, 2.45) is 5.92 Å². The molecule has 156 valence electrons. The number of hydrogen-bond donors (Lipinski definition) is 0. The SMILES string of the molecule is Cc1ccc(S(=O)(=O)N2CCCC(C(=O)N3CCC(C)Sc4ccccc43)C2)s1. The predicted molar refractivity (Wildman–Crippen MR) is 119 cm³/mol. The Morgan fingerprint density at radius 3 is 2.66 bits per heavy atom. The molecule has 4 rings (SSSR count). The molecule has 0 aliphatic carbocycles. The minimum absolute atomic E-state index is 0.0504. The first-order chi connectivity index (χ1) is 13.9. The lowest BCUT2D eigenvalue weighted by molar-refractivity contribution is -0.123. The van der Waals surface area contributed by atoms with Gasteiger partial charge >= 0.3 is 0 Å². The Kier molecular flexibility index (Phi) is 6.06. The topological polar surface area (TPSA) is 57.7 Å². The molecule has 2 unspecified atom stereocenters. The van der Waals surface area contributed by atoms with E-state index in [1.54, 1.807) is 17.8 Å². The molecule has 5 nitrogen and oxygen atoms in total. The summed E-state index contributed by atoms with van der Waals surface area (Å²) in [5.41, 5.74) is 0.959. The van der Waals surface area contributed by atoms with Crippen LogP contribution in [0.15, 0.2) is 45.5 Å². The number of fused-ring (bicyclic) bond motifs is 1. The third-order valence-corrected chi connectivity index (χ3v) is 10.1. The number of hydrogen-bond acceptors (Lipinski definition) is 5. The molecule has 0 radical (unpaired) electrons. The van der Waals surface area contributed by atoms with Gasteiger partial charge in [0.2, 0.25) is 5.91 Å². The van der Waals surface area contributed by atoms with E-state index in [0.717, 1.165) is 28.3 Å². The second kappa shape index (κ2) is 8.41. The number of para-hydroxylation sites is 1. The van der Waals surface area contributed by atoms with E-state index in [-0.39, 0.29) is 18.4 Å². The first kappa shape index (κ1) is 20.9. The van der Waals surface area contributed by atoms with E-state index >= 15 is 0 Å². The normalized spacial score (nSPS) is 23.4. The zero-order valence-electron chi connectivity index (χ0n) is 16.7. The fourth-order valence-electron chi connectivity index (χ4n) is 3.98. The number of sulfonamides is 1. The van der Waals surface area contributed by atoms with Crippen LogP contribution in [-0.4, -0.2) is 43.5 Å². The van der Waals surface area contributed by atoms with Crippen LogP contribution in [0.25, 0.3) is 0 Å². The number of rotatable bonds is 3. The fourth-order valence-corrected chi connectivity index (χ4v) is 8.05. The van der Waals surface area contributed by atoms with Crippen LogP contribution < -0.4 is 4.90 Å². The quantitative estimate of drug-likeness (QED) is 0.697. The Bertz CT molecular complexity index is 1000. The maximum Gasteiger partial charge on any atom is 0.252 e. The van der Waals surface area contributed by atoms with Crippen molar-refractivity contribution in [2.75, 3.05) is 24.5 Å². The van der Waals surface area contributed by atoms with Crippen LogP contribution in [0.4, 0.5) is 5.69 Å². The second-order valence-electron chi connectivity index (χ2n) is 7.74. The summed E-state index contributed by atoms with van der Waals surface area (Å²) in [7, 11) is -3.54. The Hall–Kier alpha value is -1.35. The zero-order chi connectivity index (χ0) is 20.6. The van der Waals surface area contributed by atoms with Gasteiger partial charge in [-0.25, -0.2) is 8.42 Å². The van der Waals surface area contributed by atoms with Gasteiger partial charge in [-0.2, -0.15) is 4.31 Å². The molecule has 3 heterocycles. The molecule has 2 aromatic rings. The van der Waals surface area contributed by atoms with Crippen LogP contribution in [0.3, 0.4) is 0 Å². The number of carbonyl (C=O) groups excluding carboxylic acids is 1. The highest BCUT2D eigenvalue weighted by Gasteiger charge is 2.37. The van der Waals surface area contributed by atoms with Crippen molar-refractivity contribution >= 4 is 44.7 Å². The number of aryl methyl sites for hydroxylation is 1. The number of thioether (sulfide) groups is 1. The highest BCUT2D eigenvalue weighted by molar-refractivity contribution is 8.00. The lowest BCUT2D eigenvalue weighted by Crippen LogP contribution is -2.47. The second-order valence-corrected chi connectivity index (χ2v) is 12.7. The van der Waals surface area contributed by atoms with Crippen molar-refractivity contribution in [1.82, 2.24) is 4.31 Å². The molecule has 2 aliphatic heterocycles. The molecular formula is C21H26N2O3S3. The van der Waals surface area contributed by atoms with E-state index < -0.39 is 10.0 Å². The average molecular weight is 451 g/mol. The van der Waals surface area contributed by atoms with Crippen LogP contribution in [0.1, 0.15) is 31.1 Å². The maximum atomic E-state index is 13.5. The van der Waals surface area contributed by atoms with E-state index in [9.17, 15) is 13.2 Å². The first-order valence-electron chi connectivity index (χ1n) is 10.00. The third kappa shape index (κ3) is 4.26. The summed E-state index contributed by atoms with van der Waals surface area (Å²) in [4.78, 5) is 17.5. The summed E-state index contributed by atoms with van der Waals surface area (Å²) in [5, 5.41) is 0.444. The zero-order valence-corrected chi connectivity index (χ0v) is 19.2. The number of carbonyl (C=O) groups is 1. The van der Waals surface area contributed by atoms with Crippen molar-refractivity contribution in [3.63, 3.8) is 0 Å². The summed E-state index contributed by atoms with van der Waals surface area (Å²) >= 11 is 3.10. The number of benzene rings is 1. The number of amides is 1. The minimum atomic E-state index is -3.54. The van der Waals surface area contributed by atoms with Gasteiger partial charge in [0.25, 0.3) is 10.0 Å². The lowest BCUT2D eigenvalue weighted by atomic mass is 9.97. The fraction of sp³-hybridized carbons (Fsp3) is 0.476. The predicted octanol–water partition coefficient (Wildman–Crippen LogP) is 4.37. The highest BCUT2D eigenvalue weighted by atomic mass is 32.2. The summed E-state index contributed by atoms with van der Waals surface area (Å²) in [6, 6.07) is 11.5. The Balaban J connectivity index is 1.56. The van der Waals surface area contributed by atoms with E-state index in [0.29, 0.717) is 29.0 Å². The highest BCUT2D eigenvalue weighted by Crippen LogP contribution is 2.38. The lowest BCUT2D eigenvalue weighted by Gasteiger charge is -2.34. The van der Waals surface area contributed by atoms with E-state index in [4.69, 9.17) is 0 Å². The molecular weight excluding hydrogens is 424 g/mol. The van der Waals surface area contributed by atoms with Crippen molar-refractivity contribution < 1.29 is 13.2 Å². The van der Waals surface area contributed by atoms with Gasteiger partial charge in [-0.1, -0.05) is 19.1 Å². The summed E-state index contributed by atoms with van der Waals surface area (Å²) < 4.78 is 28.0. The molecule has 0 N–H and O–H groups in total. The van der Waals surface area contributed by atoms with Crippen molar-refractivity contribution in [3.05, 3.63) is 41.3 Å². The Labute approximate surface area is 181 Å². The van der Waals surface area contributed by atoms with Crippen LogP contribution in [0.2, 0.25) is 0 Å². The summed E-state index contributed by atoms with van der Waals surface area (Å²) in [5.74, 6) is -0.250. The molecule has 0 bridgehead atoms. The molecule has 2 atom stereocenters. The number of anilines is 1. The minimum Gasteiger partial charge on any atom is -0.311 e. The van der Waals surface area contributed by atoms with Crippen LogP contribution >= 0.6 is 23.1 Å².